The van der Waals surface area contributed by atoms with Gasteiger partial charge in [-0.15, -0.1) is 0 Å². The Balaban J connectivity index is 2.18. The number of ether oxygens (including phenoxy) is 2. The van der Waals surface area contributed by atoms with E-state index in [4.69, 9.17) is 9.47 Å². The van der Waals surface area contributed by atoms with Crippen LogP contribution in [0.2, 0.25) is 0 Å². The van der Waals surface area contributed by atoms with E-state index in [1.807, 2.05) is 6.92 Å². The van der Waals surface area contributed by atoms with Gasteiger partial charge in [0.15, 0.2) is 0 Å². The molecule has 0 aromatic heterocycles. The number of hydrogen-bond acceptors (Lipinski definition) is 4. The molecule has 1 rings (SSSR count). The van der Waals surface area contributed by atoms with E-state index < -0.39 is 5.60 Å². The molecule has 2 unspecified atom stereocenters. The van der Waals surface area contributed by atoms with E-state index in [2.05, 4.69) is 5.32 Å². The van der Waals surface area contributed by atoms with Gasteiger partial charge in [0.25, 0.3) is 0 Å². The largest absolute Gasteiger partial charge is 0.386 e. The molecule has 1 aliphatic rings. The van der Waals surface area contributed by atoms with Crippen molar-refractivity contribution in [2.24, 2.45) is 0 Å². The number of nitrogens with one attached hydrogen (secondary N) is 1. The molecule has 1 heterocycles. The van der Waals surface area contributed by atoms with Crippen LogP contribution in [0.4, 0.5) is 0 Å². The first-order valence-electron chi connectivity index (χ1n) is 4.73. The van der Waals surface area contributed by atoms with E-state index in [0.29, 0.717) is 26.2 Å². The van der Waals surface area contributed by atoms with Crippen LogP contribution in [0.5, 0.6) is 0 Å². The number of rotatable bonds is 5. The summed E-state index contributed by atoms with van der Waals surface area (Å²) in [5, 5.41) is 13.2. The molecule has 0 spiro atoms. The van der Waals surface area contributed by atoms with E-state index in [0.717, 1.165) is 6.54 Å². The minimum atomic E-state index is -0.687. The van der Waals surface area contributed by atoms with E-state index in [-0.39, 0.29) is 6.10 Å². The Morgan fingerprint density at radius 2 is 2.46 bits per heavy atom. The first kappa shape index (κ1) is 10.9. The van der Waals surface area contributed by atoms with Gasteiger partial charge in [0, 0.05) is 33.2 Å². The Labute approximate surface area is 79.2 Å². The zero-order chi connectivity index (χ0) is 9.73. The van der Waals surface area contributed by atoms with Crippen molar-refractivity contribution in [1.82, 2.24) is 5.32 Å². The second-order valence-corrected chi connectivity index (χ2v) is 3.54. The van der Waals surface area contributed by atoms with Gasteiger partial charge in [0.2, 0.25) is 0 Å². The second kappa shape index (κ2) is 4.91. The molecule has 0 radical (unpaired) electrons. The highest BCUT2D eigenvalue weighted by atomic mass is 16.5. The molecule has 0 aliphatic carbocycles. The van der Waals surface area contributed by atoms with Crippen LogP contribution >= 0.6 is 0 Å². The van der Waals surface area contributed by atoms with Gasteiger partial charge >= 0.3 is 0 Å². The third-order valence-corrected chi connectivity index (χ3v) is 2.57. The number of methoxy groups -OCH3 is 1. The van der Waals surface area contributed by atoms with Crippen LogP contribution in [0, 0.1) is 0 Å². The van der Waals surface area contributed by atoms with Gasteiger partial charge in [-0.3, -0.25) is 0 Å². The first-order chi connectivity index (χ1) is 6.19. The maximum absolute atomic E-state index is 10.0. The van der Waals surface area contributed by atoms with Crippen LogP contribution in [0.1, 0.15) is 13.3 Å². The molecule has 0 aromatic carbocycles. The van der Waals surface area contributed by atoms with Gasteiger partial charge in [0.1, 0.15) is 5.60 Å². The van der Waals surface area contributed by atoms with Crippen LogP contribution in [0.25, 0.3) is 0 Å². The van der Waals surface area contributed by atoms with E-state index in [1.165, 1.54) is 0 Å². The predicted molar refractivity (Wildman–Crippen MR) is 49.7 cm³/mol. The Kier molecular flexibility index (Phi) is 4.12. The fourth-order valence-corrected chi connectivity index (χ4v) is 1.48. The molecule has 4 nitrogen and oxygen atoms in total. The molecule has 0 bridgehead atoms. The van der Waals surface area contributed by atoms with E-state index in [9.17, 15) is 5.11 Å². The number of hydrogen-bond donors (Lipinski definition) is 2. The van der Waals surface area contributed by atoms with Crippen LogP contribution in [-0.2, 0) is 9.47 Å². The summed E-state index contributed by atoms with van der Waals surface area (Å²) >= 11 is 0. The van der Waals surface area contributed by atoms with E-state index >= 15 is 0 Å². The van der Waals surface area contributed by atoms with Crippen molar-refractivity contribution in [3.8, 4) is 0 Å². The molecule has 1 saturated heterocycles. The summed E-state index contributed by atoms with van der Waals surface area (Å²) in [7, 11) is 1.66. The summed E-state index contributed by atoms with van der Waals surface area (Å²) in [5.41, 5.74) is -0.687. The van der Waals surface area contributed by atoms with E-state index in [1.54, 1.807) is 7.11 Å². The lowest BCUT2D eigenvalue weighted by atomic mass is 9.97. The van der Waals surface area contributed by atoms with Gasteiger partial charge in [0.05, 0.1) is 12.7 Å². The molecule has 4 heteroatoms. The quantitative estimate of drug-likeness (QED) is 0.586. The second-order valence-electron chi connectivity index (χ2n) is 3.54. The molecule has 1 aliphatic heterocycles. The van der Waals surface area contributed by atoms with Crippen molar-refractivity contribution in [1.29, 1.82) is 0 Å². The molecule has 0 amide bonds. The highest BCUT2D eigenvalue weighted by Crippen LogP contribution is 2.24. The Morgan fingerprint density at radius 3 is 3.00 bits per heavy atom. The summed E-state index contributed by atoms with van der Waals surface area (Å²) in [6.07, 6.45) is 0.649. The zero-order valence-corrected chi connectivity index (χ0v) is 8.38. The summed E-state index contributed by atoms with van der Waals surface area (Å²) in [6.45, 7) is 4.59. The average Bonchev–Trinajstić information content (AvgIpc) is 2.42. The predicted octanol–water partition coefficient (Wildman–Crippen LogP) is -0.238. The lowest BCUT2D eigenvalue weighted by Gasteiger charge is -2.26. The highest BCUT2D eigenvalue weighted by Gasteiger charge is 2.38. The highest BCUT2D eigenvalue weighted by molar-refractivity contribution is 4.91. The SMILES string of the molecule is COCCNCC1(O)CCOC1C. The van der Waals surface area contributed by atoms with Crippen molar-refractivity contribution < 1.29 is 14.6 Å². The summed E-state index contributed by atoms with van der Waals surface area (Å²) in [5.74, 6) is 0. The molecule has 78 valence electrons. The van der Waals surface area contributed by atoms with Crippen molar-refractivity contribution in [3.05, 3.63) is 0 Å². The molecule has 2 atom stereocenters. The van der Waals surface area contributed by atoms with Gasteiger partial charge in [-0.2, -0.15) is 0 Å². The monoisotopic (exact) mass is 189 g/mol. The van der Waals surface area contributed by atoms with Gasteiger partial charge in [-0.05, 0) is 6.92 Å². The Hall–Kier alpha value is -0.160. The molecular weight excluding hydrogens is 170 g/mol. The van der Waals surface area contributed by atoms with Crippen LogP contribution in [0.15, 0.2) is 0 Å². The van der Waals surface area contributed by atoms with Crippen molar-refractivity contribution >= 4 is 0 Å². The summed E-state index contributed by atoms with van der Waals surface area (Å²) in [4.78, 5) is 0. The molecule has 0 saturated carbocycles. The van der Waals surface area contributed by atoms with Gasteiger partial charge in [-0.1, -0.05) is 0 Å². The topological polar surface area (TPSA) is 50.7 Å². The van der Waals surface area contributed by atoms with Crippen LogP contribution < -0.4 is 5.32 Å². The third-order valence-electron chi connectivity index (χ3n) is 2.57. The molecular formula is C9H19NO3. The lowest BCUT2D eigenvalue weighted by Crippen LogP contribution is -2.46. The minimum Gasteiger partial charge on any atom is -0.386 e. The fourth-order valence-electron chi connectivity index (χ4n) is 1.48. The molecule has 0 aromatic rings. The first-order valence-corrected chi connectivity index (χ1v) is 4.73. The van der Waals surface area contributed by atoms with Crippen LogP contribution in [0.3, 0.4) is 0 Å². The number of aliphatic hydroxyl groups is 1. The van der Waals surface area contributed by atoms with Crippen molar-refractivity contribution in [3.63, 3.8) is 0 Å². The molecule has 13 heavy (non-hydrogen) atoms. The normalized spacial score (nSPS) is 33.9. The fraction of sp³-hybridized carbons (Fsp3) is 1.00. The average molecular weight is 189 g/mol. The van der Waals surface area contributed by atoms with Crippen molar-refractivity contribution in [2.45, 2.75) is 25.0 Å². The van der Waals surface area contributed by atoms with Gasteiger partial charge < -0.3 is 19.9 Å². The maximum atomic E-state index is 10.0. The summed E-state index contributed by atoms with van der Waals surface area (Å²) in [6, 6.07) is 0. The smallest absolute Gasteiger partial charge is 0.105 e. The lowest BCUT2D eigenvalue weighted by molar-refractivity contribution is -0.0266. The summed E-state index contributed by atoms with van der Waals surface area (Å²) < 4.78 is 10.2. The van der Waals surface area contributed by atoms with Gasteiger partial charge in [-0.25, -0.2) is 0 Å². The van der Waals surface area contributed by atoms with Crippen molar-refractivity contribution in [2.75, 3.05) is 33.4 Å². The minimum absolute atomic E-state index is 0.0671. The molecule has 1 fully saturated rings. The third kappa shape index (κ3) is 2.91. The Morgan fingerprint density at radius 1 is 1.69 bits per heavy atom. The Bertz CT molecular complexity index is 154. The standard InChI is InChI=1S/C9H19NO3/c1-8-9(11,3-5-13-8)7-10-4-6-12-2/h8,10-11H,3-7H2,1-2H3. The molecule has 2 N–H and O–H groups in total. The van der Waals surface area contributed by atoms with Crippen LogP contribution in [-0.4, -0.2) is 50.2 Å². The zero-order valence-electron chi connectivity index (χ0n) is 8.38. The maximum Gasteiger partial charge on any atom is 0.105 e.